The molecule has 0 amide bonds. The zero-order chi connectivity index (χ0) is 13.7. The number of anilines is 2. The molecule has 0 bridgehead atoms. The minimum atomic E-state index is -0.142. The van der Waals surface area contributed by atoms with E-state index < -0.39 is 0 Å². The number of para-hydroxylation sites is 1. The number of nitrogens with one attached hydrogen (secondary N) is 1. The standard InChI is InChI=1S/C14H18N4O/c1-11-16-13(10-14(19)17-11)18(9-5-8-15)12-6-3-2-4-7-12/h2-4,6-7,10H,5,8-9,15H2,1H3,(H,16,17,19). The van der Waals surface area contributed by atoms with Crippen molar-refractivity contribution in [3.8, 4) is 0 Å². The van der Waals surface area contributed by atoms with Crippen molar-refractivity contribution in [3.05, 3.63) is 52.6 Å². The minimum absolute atomic E-state index is 0.142. The Morgan fingerprint density at radius 2 is 2.05 bits per heavy atom. The molecular formula is C14H18N4O. The second-order valence-electron chi connectivity index (χ2n) is 4.32. The zero-order valence-corrected chi connectivity index (χ0v) is 11.0. The number of rotatable bonds is 5. The fourth-order valence-electron chi connectivity index (χ4n) is 1.94. The molecule has 0 fully saturated rings. The summed E-state index contributed by atoms with van der Waals surface area (Å²) < 4.78 is 0. The Kier molecular flexibility index (Phi) is 4.30. The zero-order valence-electron chi connectivity index (χ0n) is 11.0. The van der Waals surface area contributed by atoms with E-state index in [0.717, 1.165) is 18.7 Å². The van der Waals surface area contributed by atoms with E-state index in [4.69, 9.17) is 5.73 Å². The molecule has 0 aliphatic rings. The van der Waals surface area contributed by atoms with Crippen LogP contribution in [0.2, 0.25) is 0 Å². The third-order valence-corrected chi connectivity index (χ3v) is 2.78. The van der Waals surface area contributed by atoms with Crippen molar-refractivity contribution in [1.82, 2.24) is 9.97 Å². The first-order valence-corrected chi connectivity index (χ1v) is 6.31. The predicted octanol–water partition coefficient (Wildman–Crippen LogP) is 1.57. The number of aryl methyl sites for hydroxylation is 1. The van der Waals surface area contributed by atoms with Crippen molar-refractivity contribution in [2.45, 2.75) is 13.3 Å². The van der Waals surface area contributed by atoms with Crippen LogP contribution in [0.15, 0.2) is 41.2 Å². The highest BCUT2D eigenvalue weighted by Gasteiger charge is 2.11. The Bertz CT molecular complexity index is 579. The number of hydrogen-bond donors (Lipinski definition) is 2. The van der Waals surface area contributed by atoms with Gasteiger partial charge in [-0.25, -0.2) is 4.98 Å². The molecule has 0 saturated heterocycles. The van der Waals surface area contributed by atoms with Crippen molar-refractivity contribution in [2.75, 3.05) is 18.0 Å². The van der Waals surface area contributed by atoms with Crippen LogP contribution >= 0.6 is 0 Å². The third kappa shape index (κ3) is 3.42. The number of benzene rings is 1. The lowest BCUT2D eigenvalue weighted by molar-refractivity contribution is 0.804. The molecule has 1 heterocycles. The molecule has 0 spiro atoms. The van der Waals surface area contributed by atoms with Crippen molar-refractivity contribution in [3.63, 3.8) is 0 Å². The van der Waals surface area contributed by atoms with Gasteiger partial charge in [0, 0.05) is 18.3 Å². The predicted molar refractivity (Wildman–Crippen MR) is 76.7 cm³/mol. The fourth-order valence-corrected chi connectivity index (χ4v) is 1.94. The van der Waals surface area contributed by atoms with Gasteiger partial charge in [-0.05, 0) is 32.0 Å². The Labute approximate surface area is 112 Å². The lowest BCUT2D eigenvalue weighted by Crippen LogP contribution is -2.24. The Balaban J connectivity index is 2.39. The van der Waals surface area contributed by atoms with Crippen LogP contribution in [0, 0.1) is 6.92 Å². The number of hydrogen-bond acceptors (Lipinski definition) is 4. The van der Waals surface area contributed by atoms with Gasteiger partial charge in [0.25, 0.3) is 5.56 Å². The maximum Gasteiger partial charge on any atom is 0.252 e. The quantitative estimate of drug-likeness (QED) is 0.853. The molecule has 19 heavy (non-hydrogen) atoms. The summed E-state index contributed by atoms with van der Waals surface area (Å²) in [6, 6.07) is 11.4. The van der Waals surface area contributed by atoms with Gasteiger partial charge in [0.05, 0.1) is 0 Å². The van der Waals surface area contributed by atoms with Gasteiger partial charge in [-0.1, -0.05) is 18.2 Å². The van der Waals surface area contributed by atoms with Crippen LogP contribution in [0.1, 0.15) is 12.2 Å². The van der Waals surface area contributed by atoms with Gasteiger partial charge in [0.2, 0.25) is 0 Å². The van der Waals surface area contributed by atoms with E-state index in [0.29, 0.717) is 18.2 Å². The van der Waals surface area contributed by atoms with Crippen molar-refractivity contribution in [2.24, 2.45) is 5.73 Å². The second kappa shape index (κ2) is 6.15. The molecule has 0 saturated carbocycles. The highest BCUT2D eigenvalue weighted by molar-refractivity contribution is 5.59. The number of aromatic nitrogens is 2. The van der Waals surface area contributed by atoms with Crippen molar-refractivity contribution >= 4 is 11.5 Å². The monoisotopic (exact) mass is 258 g/mol. The lowest BCUT2D eigenvalue weighted by Gasteiger charge is -2.23. The Morgan fingerprint density at radius 3 is 2.68 bits per heavy atom. The van der Waals surface area contributed by atoms with Crippen LogP contribution in [0.4, 0.5) is 11.5 Å². The summed E-state index contributed by atoms with van der Waals surface area (Å²) in [6.07, 6.45) is 0.836. The first-order chi connectivity index (χ1) is 9.20. The molecule has 3 N–H and O–H groups in total. The summed E-state index contributed by atoms with van der Waals surface area (Å²) in [7, 11) is 0. The molecule has 2 aromatic rings. The van der Waals surface area contributed by atoms with Gasteiger partial charge in [0.1, 0.15) is 11.6 Å². The summed E-state index contributed by atoms with van der Waals surface area (Å²) in [4.78, 5) is 20.6. The molecular weight excluding hydrogens is 240 g/mol. The van der Waals surface area contributed by atoms with Crippen LogP contribution < -0.4 is 16.2 Å². The van der Waals surface area contributed by atoms with Gasteiger partial charge in [0.15, 0.2) is 0 Å². The number of nitrogens with two attached hydrogens (primary N) is 1. The molecule has 0 aliphatic carbocycles. The summed E-state index contributed by atoms with van der Waals surface area (Å²) >= 11 is 0. The number of aromatic amines is 1. The van der Waals surface area contributed by atoms with E-state index in [2.05, 4.69) is 9.97 Å². The highest BCUT2D eigenvalue weighted by Crippen LogP contribution is 2.22. The van der Waals surface area contributed by atoms with E-state index in [-0.39, 0.29) is 5.56 Å². The van der Waals surface area contributed by atoms with Crippen LogP contribution in [0.5, 0.6) is 0 Å². The largest absolute Gasteiger partial charge is 0.330 e. The SMILES string of the molecule is Cc1nc(N(CCCN)c2ccccc2)cc(=O)[nH]1. The first-order valence-electron chi connectivity index (χ1n) is 6.31. The van der Waals surface area contributed by atoms with E-state index >= 15 is 0 Å². The van der Waals surface area contributed by atoms with Crippen LogP contribution in [0.25, 0.3) is 0 Å². The number of H-pyrrole nitrogens is 1. The minimum Gasteiger partial charge on any atom is -0.330 e. The summed E-state index contributed by atoms with van der Waals surface area (Å²) in [5.41, 5.74) is 6.44. The van der Waals surface area contributed by atoms with Crippen molar-refractivity contribution < 1.29 is 0 Å². The van der Waals surface area contributed by atoms with Crippen LogP contribution in [-0.4, -0.2) is 23.1 Å². The van der Waals surface area contributed by atoms with E-state index in [1.165, 1.54) is 6.07 Å². The summed E-state index contributed by atoms with van der Waals surface area (Å²) in [5, 5.41) is 0. The average Bonchev–Trinajstić information content (AvgIpc) is 2.39. The van der Waals surface area contributed by atoms with E-state index in [1.807, 2.05) is 35.2 Å². The third-order valence-electron chi connectivity index (χ3n) is 2.78. The van der Waals surface area contributed by atoms with Crippen LogP contribution in [0.3, 0.4) is 0 Å². The number of nitrogens with zero attached hydrogens (tertiary/aromatic N) is 2. The van der Waals surface area contributed by atoms with Gasteiger partial charge >= 0.3 is 0 Å². The normalized spacial score (nSPS) is 10.4. The molecule has 2 rings (SSSR count). The maximum absolute atomic E-state index is 11.6. The highest BCUT2D eigenvalue weighted by atomic mass is 16.1. The topological polar surface area (TPSA) is 75.0 Å². The fraction of sp³-hybridized carbons (Fsp3) is 0.286. The smallest absolute Gasteiger partial charge is 0.252 e. The average molecular weight is 258 g/mol. The maximum atomic E-state index is 11.6. The molecule has 100 valence electrons. The van der Waals surface area contributed by atoms with Gasteiger partial charge < -0.3 is 15.6 Å². The second-order valence-corrected chi connectivity index (χ2v) is 4.32. The Morgan fingerprint density at radius 1 is 1.32 bits per heavy atom. The van der Waals surface area contributed by atoms with Gasteiger partial charge in [-0.2, -0.15) is 0 Å². The van der Waals surface area contributed by atoms with Crippen molar-refractivity contribution in [1.29, 1.82) is 0 Å². The lowest BCUT2D eigenvalue weighted by atomic mass is 10.2. The van der Waals surface area contributed by atoms with Gasteiger partial charge in [-0.3, -0.25) is 4.79 Å². The van der Waals surface area contributed by atoms with Gasteiger partial charge in [-0.15, -0.1) is 0 Å². The molecule has 5 heteroatoms. The molecule has 0 unspecified atom stereocenters. The molecule has 0 radical (unpaired) electrons. The van der Waals surface area contributed by atoms with E-state index in [9.17, 15) is 4.79 Å². The summed E-state index contributed by atoms with van der Waals surface area (Å²) in [5.74, 6) is 1.26. The van der Waals surface area contributed by atoms with Crippen LogP contribution in [-0.2, 0) is 0 Å². The molecule has 1 aromatic carbocycles. The van der Waals surface area contributed by atoms with E-state index in [1.54, 1.807) is 6.92 Å². The molecule has 1 aromatic heterocycles. The first kappa shape index (κ1) is 13.3. The molecule has 5 nitrogen and oxygen atoms in total. The molecule has 0 aliphatic heterocycles. The molecule has 0 atom stereocenters. The Hall–Kier alpha value is -2.14. The summed E-state index contributed by atoms with van der Waals surface area (Å²) in [6.45, 7) is 3.11.